The van der Waals surface area contributed by atoms with Gasteiger partial charge in [0.2, 0.25) is 6.79 Å². The molecule has 0 unspecified atom stereocenters. The molecule has 0 radical (unpaired) electrons. The minimum absolute atomic E-state index is 0.0759. The third-order valence-corrected chi connectivity index (χ3v) is 9.01. The third kappa shape index (κ3) is 6.41. The minimum atomic E-state index is -1.21. The number of ether oxygens (including phenoxy) is 8. The molecule has 3 aliphatic heterocycles. The summed E-state index contributed by atoms with van der Waals surface area (Å²) in [7, 11) is 2.99. The SMILES string of the molecule is C=CCOC(=O)N1[C@H]2Cc3cc(C)c(OC)c(OCC=C)c3[C@H]1[C@H](C=O)N([C@@H](COC(C)=O)c1cc(OCOC)c(C)c3c1OCO3)[C@H]2C#N. The summed E-state index contributed by atoms with van der Waals surface area (Å²) in [6.45, 7) is 11.9. The van der Waals surface area contributed by atoms with Crippen molar-refractivity contribution in [2.45, 2.75) is 57.4 Å². The fraction of sp³-hybridized carbons (Fsp3) is 0.444. The van der Waals surface area contributed by atoms with Gasteiger partial charge in [0.15, 0.2) is 29.8 Å². The van der Waals surface area contributed by atoms with Crippen molar-refractivity contribution in [2.24, 2.45) is 0 Å². The molecule has 0 spiro atoms. The molecule has 1 amide bonds. The summed E-state index contributed by atoms with van der Waals surface area (Å²) < 4.78 is 46.0. The van der Waals surface area contributed by atoms with Crippen LogP contribution in [0.5, 0.6) is 28.7 Å². The Morgan fingerprint density at radius 1 is 1.08 bits per heavy atom. The van der Waals surface area contributed by atoms with Gasteiger partial charge in [-0.15, -0.1) is 0 Å². The number of carbonyl (C=O) groups is 3. The van der Waals surface area contributed by atoms with Crippen LogP contribution in [0.25, 0.3) is 0 Å². The van der Waals surface area contributed by atoms with E-state index in [1.807, 2.05) is 13.0 Å². The summed E-state index contributed by atoms with van der Waals surface area (Å²) in [4.78, 5) is 43.0. The molecular formula is C36H41N3O11. The lowest BCUT2D eigenvalue weighted by Gasteiger charge is -2.56. The first kappa shape index (κ1) is 36.0. The van der Waals surface area contributed by atoms with Crippen LogP contribution in [0.15, 0.2) is 37.4 Å². The van der Waals surface area contributed by atoms with Crippen molar-refractivity contribution in [2.75, 3.05) is 47.6 Å². The first-order chi connectivity index (χ1) is 24.2. The molecule has 2 aromatic rings. The molecule has 14 heteroatoms. The number of aryl methyl sites for hydroxylation is 1. The summed E-state index contributed by atoms with van der Waals surface area (Å²) >= 11 is 0. The highest BCUT2D eigenvalue weighted by atomic mass is 16.7. The number of methoxy groups -OCH3 is 2. The molecule has 3 heterocycles. The molecular weight excluding hydrogens is 650 g/mol. The van der Waals surface area contributed by atoms with Crippen LogP contribution < -0.4 is 23.7 Å². The van der Waals surface area contributed by atoms with Crippen LogP contribution in [0.1, 0.15) is 46.8 Å². The van der Waals surface area contributed by atoms with E-state index in [2.05, 4.69) is 19.2 Å². The maximum absolute atomic E-state index is 13.9. The quantitative estimate of drug-likeness (QED) is 0.120. The van der Waals surface area contributed by atoms with Crippen LogP contribution in [0.4, 0.5) is 4.79 Å². The second-order valence-corrected chi connectivity index (χ2v) is 11.9. The van der Waals surface area contributed by atoms with E-state index in [0.717, 1.165) is 11.1 Å². The molecule has 5 atom stereocenters. The molecule has 1 saturated heterocycles. The van der Waals surface area contributed by atoms with Crippen molar-refractivity contribution in [3.05, 3.63) is 65.3 Å². The Kier molecular flexibility index (Phi) is 11.2. The Morgan fingerprint density at radius 3 is 2.46 bits per heavy atom. The predicted octanol–water partition coefficient (Wildman–Crippen LogP) is 4.26. The number of nitrogens with zero attached hydrogens (tertiary/aromatic N) is 3. The Balaban J connectivity index is 1.79. The molecule has 50 heavy (non-hydrogen) atoms. The van der Waals surface area contributed by atoms with Gasteiger partial charge in [0.25, 0.3) is 0 Å². The van der Waals surface area contributed by atoms with Gasteiger partial charge in [-0.1, -0.05) is 31.4 Å². The summed E-state index contributed by atoms with van der Waals surface area (Å²) in [5.74, 6) is 1.30. The van der Waals surface area contributed by atoms with Crippen molar-refractivity contribution < 1.29 is 52.3 Å². The molecule has 3 aliphatic rings. The predicted molar refractivity (Wildman–Crippen MR) is 177 cm³/mol. The molecule has 1 fully saturated rings. The van der Waals surface area contributed by atoms with Gasteiger partial charge < -0.3 is 42.7 Å². The standard InChI is InChI=1S/C36H41N3O11/c1-8-10-45-35-30-23(12-20(3)32(35)44-7)13-25-26(15-37)38(27(16-40)31(30)39(25)36(42)46-11-9-2)28(17-47-22(5)41)24-14-29(48-18-43-6)21(4)33-34(24)50-19-49-33/h8-9,12,14,16,25-28,31H,1-2,10-11,13,17-19H2,3-7H3/t25-,26-,27-,28-,31+/m0/s1. The molecule has 2 bridgehead atoms. The average molecular weight is 692 g/mol. The topological polar surface area (TPSA) is 155 Å². The van der Waals surface area contributed by atoms with E-state index >= 15 is 0 Å². The number of amides is 1. The van der Waals surface area contributed by atoms with E-state index in [1.165, 1.54) is 32.1 Å². The minimum Gasteiger partial charge on any atom is -0.493 e. The number of nitriles is 1. The van der Waals surface area contributed by atoms with E-state index < -0.39 is 42.3 Å². The zero-order valence-corrected chi connectivity index (χ0v) is 28.8. The van der Waals surface area contributed by atoms with Crippen molar-refractivity contribution in [1.82, 2.24) is 9.80 Å². The van der Waals surface area contributed by atoms with Crippen LogP contribution in [0.2, 0.25) is 0 Å². The summed E-state index contributed by atoms with van der Waals surface area (Å²) in [5, 5.41) is 10.9. The fourth-order valence-electron chi connectivity index (χ4n) is 7.10. The number of aldehydes is 1. The van der Waals surface area contributed by atoms with Gasteiger partial charge in [-0.3, -0.25) is 14.6 Å². The number of esters is 1. The smallest absolute Gasteiger partial charge is 0.411 e. The molecule has 14 nitrogen and oxygen atoms in total. The lowest BCUT2D eigenvalue weighted by molar-refractivity contribution is -0.146. The Labute approximate surface area is 290 Å². The van der Waals surface area contributed by atoms with Gasteiger partial charge in [-0.2, -0.15) is 5.26 Å². The molecule has 5 rings (SSSR count). The second-order valence-electron chi connectivity index (χ2n) is 11.9. The van der Waals surface area contributed by atoms with Crippen molar-refractivity contribution in [1.29, 1.82) is 5.26 Å². The summed E-state index contributed by atoms with van der Waals surface area (Å²) in [6, 6.07) is 0.806. The van der Waals surface area contributed by atoms with E-state index in [0.29, 0.717) is 51.7 Å². The lowest BCUT2D eigenvalue weighted by Crippen LogP contribution is -2.69. The number of piperazine rings is 1. The summed E-state index contributed by atoms with van der Waals surface area (Å²) in [6.07, 6.45) is 3.13. The number of benzene rings is 2. The maximum atomic E-state index is 13.9. The van der Waals surface area contributed by atoms with Crippen LogP contribution >= 0.6 is 0 Å². The first-order valence-electron chi connectivity index (χ1n) is 16.0. The zero-order valence-electron chi connectivity index (χ0n) is 28.8. The number of rotatable bonds is 14. The highest BCUT2D eigenvalue weighted by molar-refractivity contribution is 5.75. The van der Waals surface area contributed by atoms with E-state index in [9.17, 15) is 19.6 Å². The fourth-order valence-corrected chi connectivity index (χ4v) is 7.10. The van der Waals surface area contributed by atoms with Gasteiger partial charge in [0.1, 0.15) is 37.9 Å². The largest absolute Gasteiger partial charge is 0.493 e. The Bertz CT molecular complexity index is 1700. The van der Waals surface area contributed by atoms with Gasteiger partial charge in [0, 0.05) is 30.7 Å². The van der Waals surface area contributed by atoms with Gasteiger partial charge in [0.05, 0.1) is 37.3 Å². The lowest BCUT2D eigenvalue weighted by atomic mass is 9.76. The monoisotopic (exact) mass is 691 g/mol. The number of hydrogen-bond acceptors (Lipinski definition) is 13. The molecule has 2 aromatic carbocycles. The zero-order chi connectivity index (χ0) is 36.1. The van der Waals surface area contributed by atoms with Crippen LogP contribution in [0.3, 0.4) is 0 Å². The first-order valence-corrected chi connectivity index (χ1v) is 16.0. The van der Waals surface area contributed by atoms with E-state index in [-0.39, 0.29) is 39.8 Å². The molecule has 0 aliphatic carbocycles. The van der Waals surface area contributed by atoms with Crippen molar-refractivity contribution in [3.63, 3.8) is 0 Å². The molecule has 0 N–H and O–H groups in total. The van der Waals surface area contributed by atoms with Crippen LogP contribution in [0, 0.1) is 25.2 Å². The molecule has 0 saturated carbocycles. The molecule has 0 aromatic heterocycles. The van der Waals surface area contributed by atoms with Gasteiger partial charge >= 0.3 is 12.1 Å². The Morgan fingerprint density at radius 2 is 1.82 bits per heavy atom. The van der Waals surface area contributed by atoms with Crippen molar-refractivity contribution in [3.8, 4) is 34.8 Å². The normalized spacial score (nSPS) is 20.8. The number of carbonyl (C=O) groups excluding carboxylic acids is 3. The highest BCUT2D eigenvalue weighted by Crippen LogP contribution is 2.54. The van der Waals surface area contributed by atoms with E-state index in [1.54, 1.807) is 24.0 Å². The van der Waals surface area contributed by atoms with Crippen molar-refractivity contribution >= 4 is 18.3 Å². The van der Waals surface area contributed by atoms with Crippen LogP contribution in [-0.2, 0) is 30.2 Å². The van der Waals surface area contributed by atoms with Crippen LogP contribution in [-0.4, -0.2) is 93.9 Å². The molecule has 266 valence electrons. The third-order valence-electron chi connectivity index (χ3n) is 9.01. The second kappa shape index (κ2) is 15.5. The average Bonchev–Trinajstić information content (AvgIpc) is 3.60. The highest BCUT2D eigenvalue weighted by Gasteiger charge is 2.57. The van der Waals surface area contributed by atoms with E-state index in [4.69, 9.17) is 37.9 Å². The van der Waals surface area contributed by atoms with Gasteiger partial charge in [-0.05, 0) is 37.5 Å². The van der Waals surface area contributed by atoms with Gasteiger partial charge in [-0.25, -0.2) is 4.79 Å². The summed E-state index contributed by atoms with van der Waals surface area (Å²) in [5.41, 5.74) is 3.14. The number of fused-ring (bicyclic) bond motifs is 5. The number of hydrogen-bond donors (Lipinski definition) is 0. The maximum Gasteiger partial charge on any atom is 0.411 e. The Hall–Kier alpha value is -5.26.